The molecule has 0 saturated carbocycles. The molecular formula is C24H30N4O4S. The van der Waals surface area contributed by atoms with Gasteiger partial charge in [-0.3, -0.25) is 9.59 Å². The number of carbonyl (C=O) groups is 2. The van der Waals surface area contributed by atoms with Crippen LogP contribution in [0.2, 0.25) is 0 Å². The zero-order valence-electron chi connectivity index (χ0n) is 19.7. The van der Waals surface area contributed by atoms with Crippen molar-refractivity contribution in [3.63, 3.8) is 0 Å². The summed E-state index contributed by atoms with van der Waals surface area (Å²) < 4.78 is 11.5. The molecule has 0 atom stereocenters. The number of likely N-dealkylation sites (N-methyl/N-ethyl adjacent to an activating group) is 1. The first-order chi connectivity index (χ1) is 15.6. The van der Waals surface area contributed by atoms with Gasteiger partial charge in [0.1, 0.15) is 17.7 Å². The Morgan fingerprint density at radius 2 is 1.76 bits per heavy atom. The van der Waals surface area contributed by atoms with Crippen LogP contribution in [0.1, 0.15) is 36.9 Å². The number of para-hydroxylation sites is 1. The third-order valence-corrected chi connectivity index (χ3v) is 5.53. The number of carbonyl (C=O) groups excluding carboxylic acids is 2. The first kappa shape index (κ1) is 24.7. The lowest BCUT2D eigenvalue weighted by Crippen LogP contribution is -2.42. The minimum absolute atomic E-state index is 0.157. The van der Waals surface area contributed by atoms with Crippen LogP contribution in [-0.4, -0.2) is 71.0 Å². The second kappa shape index (κ2) is 10.8. The number of benzene rings is 1. The highest BCUT2D eigenvalue weighted by atomic mass is 32.2. The largest absolute Gasteiger partial charge is 0.459 e. The smallest absolute Gasteiger partial charge is 0.326 e. The summed E-state index contributed by atoms with van der Waals surface area (Å²) in [6, 6.07) is 9.28. The van der Waals surface area contributed by atoms with E-state index in [-0.39, 0.29) is 18.2 Å². The molecule has 0 radical (unpaired) electrons. The molecule has 3 aromatic rings. The quantitative estimate of drug-likeness (QED) is 0.265. The predicted molar refractivity (Wildman–Crippen MR) is 128 cm³/mol. The van der Waals surface area contributed by atoms with Crippen LogP contribution >= 0.6 is 11.8 Å². The van der Waals surface area contributed by atoms with E-state index in [1.54, 1.807) is 39.2 Å². The number of hydrogen-bond acceptors (Lipinski definition) is 8. The topological polar surface area (TPSA) is 88.8 Å². The van der Waals surface area contributed by atoms with Crippen molar-refractivity contribution in [1.29, 1.82) is 0 Å². The Morgan fingerprint density at radius 1 is 1.06 bits per heavy atom. The predicted octanol–water partition coefficient (Wildman–Crippen LogP) is 3.86. The van der Waals surface area contributed by atoms with Crippen LogP contribution in [0.25, 0.3) is 11.0 Å². The standard InChI is InChI=1S/C24H30N4O4S/c1-24(2,3)32-20(29)15-28(14-13-27(4)5)22(30)21-18(16-33-23-25-11-8-12-26-23)17-9-6-7-10-19(17)31-21/h6-12H,13-16H2,1-5H3. The van der Waals surface area contributed by atoms with Crippen molar-refractivity contribution < 1.29 is 18.7 Å². The zero-order valence-corrected chi connectivity index (χ0v) is 20.5. The summed E-state index contributed by atoms with van der Waals surface area (Å²) in [5.41, 5.74) is 0.742. The van der Waals surface area contributed by atoms with E-state index >= 15 is 0 Å². The van der Waals surface area contributed by atoms with Crippen LogP contribution < -0.4 is 0 Å². The number of ether oxygens (including phenoxy) is 1. The van der Waals surface area contributed by atoms with Crippen LogP contribution in [0.3, 0.4) is 0 Å². The molecule has 1 aromatic carbocycles. The molecule has 3 rings (SSSR count). The maximum absolute atomic E-state index is 13.6. The van der Waals surface area contributed by atoms with Crippen molar-refractivity contribution in [3.05, 3.63) is 54.0 Å². The van der Waals surface area contributed by atoms with Crippen LogP contribution in [-0.2, 0) is 15.3 Å². The average molecular weight is 471 g/mol. The van der Waals surface area contributed by atoms with Gasteiger partial charge in [-0.25, -0.2) is 9.97 Å². The Labute approximate surface area is 198 Å². The minimum Gasteiger partial charge on any atom is -0.459 e. The van der Waals surface area contributed by atoms with Gasteiger partial charge in [-0.1, -0.05) is 30.0 Å². The summed E-state index contributed by atoms with van der Waals surface area (Å²) in [5, 5.41) is 1.47. The van der Waals surface area contributed by atoms with Gasteiger partial charge in [-0.15, -0.1) is 0 Å². The van der Waals surface area contributed by atoms with E-state index < -0.39 is 11.6 Å². The number of rotatable bonds is 9. The lowest BCUT2D eigenvalue weighted by molar-refractivity contribution is -0.155. The number of fused-ring (bicyclic) bond motifs is 1. The highest BCUT2D eigenvalue weighted by Crippen LogP contribution is 2.31. The molecule has 33 heavy (non-hydrogen) atoms. The summed E-state index contributed by atoms with van der Waals surface area (Å²) in [6.07, 6.45) is 3.36. The van der Waals surface area contributed by atoms with Gasteiger partial charge < -0.3 is 19.0 Å². The molecule has 0 unspecified atom stereocenters. The summed E-state index contributed by atoms with van der Waals surface area (Å²) in [4.78, 5) is 38.1. The van der Waals surface area contributed by atoms with Crippen molar-refractivity contribution >= 4 is 34.6 Å². The molecule has 176 valence electrons. The molecule has 2 heterocycles. The van der Waals surface area contributed by atoms with Gasteiger partial charge >= 0.3 is 5.97 Å². The Kier molecular flexibility index (Phi) is 8.10. The van der Waals surface area contributed by atoms with Crippen LogP contribution in [0.4, 0.5) is 0 Å². The SMILES string of the molecule is CN(C)CCN(CC(=O)OC(C)(C)C)C(=O)c1oc2ccccc2c1CSc1ncccn1. The highest BCUT2D eigenvalue weighted by molar-refractivity contribution is 7.98. The van der Waals surface area contributed by atoms with Gasteiger partial charge in [0.2, 0.25) is 0 Å². The fourth-order valence-corrected chi connectivity index (χ4v) is 3.99. The molecule has 1 amide bonds. The first-order valence-electron chi connectivity index (χ1n) is 10.7. The van der Waals surface area contributed by atoms with Crippen molar-refractivity contribution in [1.82, 2.24) is 19.8 Å². The number of thioether (sulfide) groups is 1. The molecule has 9 heteroatoms. The lowest BCUT2D eigenvalue weighted by atomic mass is 10.1. The molecule has 0 aliphatic rings. The fourth-order valence-electron chi connectivity index (χ4n) is 3.16. The normalized spacial score (nSPS) is 11.7. The van der Waals surface area contributed by atoms with E-state index in [9.17, 15) is 9.59 Å². The van der Waals surface area contributed by atoms with Gasteiger partial charge in [-0.2, -0.15) is 0 Å². The molecule has 8 nitrogen and oxygen atoms in total. The van der Waals surface area contributed by atoms with Crippen LogP contribution in [0, 0.1) is 0 Å². The monoisotopic (exact) mass is 470 g/mol. The van der Waals surface area contributed by atoms with Gasteiger partial charge in [0.05, 0.1) is 0 Å². The van der Waals surface area contributed by atoms with Gasteiger partial charge in [-0.05, 0) is 47.0 Å². The number of nitrogens with zero attached hydrogens (tertiary/aromatic N) is 4. The Morgan fingerprint density at radius 3 is 2.42 bits per heavy atom. The third-order valence-electron chi connectivity index (χ3n) is 4.62. The molecule has 0 fully saturated rings. The summed E-state index contributed by atoms with van der Waals surface area (Å²) in [5.74, 6) is -0.125. The van der Waals surface area contributed by atoms with E-state index in [2.05, 4.69) is 9.97 Å². The second-order valence-electron chi connectivity index (χ2n) is 8.84. The van der Waals surface area contributed by atoms with E-state index in [1.165, 1.54) is 16.7 Å². The number of amides is 1. The minimum atomic E-state index is -0.635. The van der Waals surface area contributed by atoms with Crippen molar-refractivity contribution in [2.24, 2.45) is 0 Å². The summed E-state index contributed by atoms with van der Waals surface area (Å²) in [7, 11) is 3.83. The molecule has 2 aromatic heterocycles. The Balaban J connectivity index is 1.91. The average Bonchev–Trinajstić information content (AvgIpc) is 3.12. The van der Waals surface area contributed by atoms with Crippen molar-refractivity contribution in [2.75, 3.05) is 33.7 Å². The maximum Gasteiger partial charge on any atom is 0.326 e. The molecule has 0 spiro atoms. The maximum atomic E-state index is 13.6. The molecule has 0 N–H and O–H groups in total. The Bertz CT molecular complexity index is 1090. The molecule has 0 aliphatic carbocycles. The molecule has 0 saturated heterocycles. The number of furan rings is 1. The summed E-state index contributed by atoms with van der Waals surface area (Å²) in [6.45, 7) is 6.20. The fraction of sp³-hybridized carbons (Fsp3) is 0.417. The van der Waals surface area contributed by atoms with Gasteiger partial charge in [0.15, 0.2) is 10.9 Å². The molecular weight excluding hydrogens is 440 g/mol. The number of hydrogen-bond donors (Lipinski definition) is 0. The van der Waals surface area contributed by atoms with E-state index in [4.69, 9.17) is 9.15 Å². The lowest BCUT2D eigenvalue weighted by Gasteiger charge is -2.26. The number of esters is 1. The van der Waals surface area contributed by atoms with Gasteiger partial charge in [0.25, 0.3) is 5.91 Å². The van der Waals surface area contributed by atoms with Crippen molar-refractivity contribution in [3.8, 4) is 0 Å². The Hall–Kier alpha value is -2.91. The molecule has 0 aliphatic heterocycles. The van der Waals surface area contributed by atoms with Crippen LogP contribution in [0.15, 0.2) is 52.3 Å². The van der Waals surface area contributed by atoms with E-state index in [0.717, 1.165) is 10.9 Å². The number of aromatic nitrogens is 2. The summed E-state index contributed by atoms with van der Waals surface area (Å²) >= 11 is 1.42. The highest BCUT2D eigenvalue weighted by Gasteiger charge is 2.28. The molecule has 0 bridgehead atoms. The van der Waals surface area contributed by atoms with E-state index in [0.29, 0.717) is 29.6 Å². The van der Waals surface area contributed by atoms with Crippen molar-refractivity contribution in [2.45, 2.75) is 37.3 Å². The third kappa shape index (κ3) is 7.03. The van der Waals surface area contributed by atoms with Gasteiger partial charge in [0, 0.05) is 42.2 Å². The van der Waals surface area contributed by atoms with Crippen LogP contribution in [0.5, 0.6) is 0 Å². The zero-order chi connectivity index (χ0) is 24.0. The van der Waals surface area contributed by atoms with E-state index in [1.807, 2.05) is 43.3 Å². The second-order valence-corrected chi connectivity index (χ2v) is 9.78. The first-order valence-corrected chi connectivity index (χ1v) is 11.7.